The van der Waals surface area contributed by atoms with E-state index in [1.807, 2.05) is 18.2 Å². The molecule has 1 atom stereocenters. The molecule has 4 nitrogen and oxygen atoms in total. The second-order valence-corrected chi connectivity index (χ2v) is 6.46. The number of ether oxygens (including phenoxy) is 2. The lowest BCUT2D eigenvalue weighted by atomic mass is 9.89. The second kappa shape index (κ2) is 6.73. The Kier molecular flexibility index (Phi) is 4.29. The number of hydrogen-bond donors (Lipinski definition) is 1. The maximum Gasteiger partial charge on any atom is 0.164 e. The normalized spacial score (nSPS) is 20.1. The van der Waals surface area contributed by atoms with Crippen molar-refractivity contribution in [2.24, 2.45) is 0 Å². The van der Waals surface area contributed by atoms with E-state index in [1.165, 1.54) is 11.6 Å². The summed E-state index contributed by atoms with van der Waals surface area (Å²) in [6.07, 6.45) is 1.64. The maximum atomic E-state index is 14.3. The summed E-state index contributed by atoms with van der Waals surface area (Å²) in [6, 6.07) is 12.3. The van der Waals surface area contributed by atoms with Crippen LogP contribution >= 0.6 is 0 Å². The van der Waals surface area contributed by atoms with Crippen LogP contribution in [0.15, 0.2) is 36.4 Å². The molecule has 0 unspecified atom stereocenters. The summed E-state index contributed by atoms with van der Waals surface area (Å²) in [5.74, 6) is 1.48. The Morgan fingerprint density at radius 2 is 1.96 bits per heavy atom. The van der Waals surface area contributed by atoms with Crippen LogP contribution in [-0.4, -0.2) is 19.7 Å². The fourth-order valence-corrected chi connectivity index (χ4v) is 3.59. The molecule has 128 valence electrons. The van der Waals surface area contributed by atoms with Gasteiger partial charge < -0.3 is 14.8 Å². The molecule has 0 saturated carbocycles. The summed E-state index contributed by atoms with van der Waals surface area (Å²) in [4.78, 5) is 0. The van der Waals surface area contributed by atoms with Gasteiger partial charge in [0.1, 0.15) is 12.4 Å². The first-order chi connectivity index (χ1) is 12.3. The van der Waals surface area contributed by atoms with Crippen LogP contribution in [0.2, 0.25) is 0 Å². The van der Waals surface area contributed by atoms with Crippen molar-refractivity contribution in [2.75, 3.05) is 19.7 Å². The highest BCUT2D eigenvalue weighted by atomic mass is 19.1. The van der Waals surface area contributed by atoms with Crippen LogP contribution < -0.4 is 14.8 Å². The molecule has 2 heterocycles. The van der Waals surface area contributed by atoms with E-state index in [0.29, 0.717) is 22.8 Å². The first-order valence-corrected chi connectivity index (χ1v) is 8.59. The lowest BCUT2D eigenvalue weighted by Gasteiger charge is -2.31. The molecule has 0 amide bonds. The SMILES string of the molecule is N#Cc1ccc([C@@H]2COc3c(cccc3C3CCNCC3)O2)c(F)c1. The highest BCUT2D eigenvalue weighted by Gasteiger charge is 2.29. The largest absolute Gasteiger partial charge is 0.485 e. The molecule has 5 heteroatoms. The summed E-state index contributed by atoms with van der Waals surface area (Å²) in [6.45, 7) is 2.28. The average Bonchev–Trinajstić information content (AvgIpc) is 2.67. The third-order valence-corrected chi connectivity index (χ3v) is 4.91. The van der Waals surface area contributed by atoms with Crippen LogP contribution in [0.4, 0.5) is 4.39 Å². The Morgan fingerprint density at radius 3 is 2.72 bits per heavy atom. The molecule has 2 aliphatic rings. The smallest absolute Gasteiger partial charge is 0.164 e. The second-order valence-electron chi connectivity index (χ2n) is 6.46. The van der Waals surface area contributed by atoms with E-state index >= 15 is 0 Å². The van der Waals surface area contributed by atoms with Gasteiger partial charge in [-0.1, -0.05) is 18.2 Å². The van der Waals surface area contributed by atoms with Crippen LogP contribution in [0, 0.1) is 17.1 Å². The summed E-state index contributed by atoms with van der Waals surface area (Å²) >= 11 is 0. The maximum absolute atomic E-state index is 14.3. The molecule has 4 rings (SSSR count). The van der Waals surface area contributed by atoms with Gasteiger partial charge in [0, 0.05) is 11.1 Å². The molecular formula is C20H19FN2O2. The summed E-state index contributed by atoms with van der Waals surface area (Å²) in [5, 5.41) is 12.2. The van der Waals surface area contributed by atoms with Crippen molar-refractivity contribution < 1.29 is 13.9 Å². The molecule has 2 aliphatic heterocycles. The lowest BCUT2D eigenvalue weighted by molar-refractivity contribution is 0.0869. The molecule has 0 bridgehead atoms. The van der Waals surface area contributed by atoms with Gasteiger partial charge in [0.25, 0.3) is 0 Å². The molecular weight excluding hydrogens is 319 g/mol. The number of piperidine rings is 1. The Hall–Kier alpha value is -2.58. The Balaban J connectivity index is 1.61. The van der Waals surface area contributed by atoms with Crippen molar-refractivity contribution in [3.8, 4) is 17.6 Å². The van der Waals surface area contributed by atoms with Gasteiger partial charge in [-0.3, -0.25) is 0 Å². The molecule has 25 heavy (non-hydrogen) atoms. The fraction of sp³-hybridized carbons (Fsp3) is 0.350. The van der Waals surface area contributed by atoms with Crippen molar-refractivity contribution in [1.82, 2.24) is 5.32 Å². The zero-order valence-corrected chi connectivity index (χ0v) is 13.8. The number of fused-ring (bicyclic) bond motifs is 1. The molecule has 0 aromatic heterocycles. The van der Waals surface area contributed by atoms with Crippen molar-refractivity contribution in [3.63, 3.8) is 0 Å². The van der Waals surface area contributed by atoms with Crippen molar-refractivity contribution in [3.05, 3.63) is 58.9 Å². The monoisotopic (exact) mass is 338 g/mol. The summed E-state index contributed by atoms with van der Waals surface area (Å²) in [7, 11) is 0. The van der Waals surface area contributed by atoms with E-state index in [9.17, 15) is 4.39 Å². The quantitative estimate of drug-likeness (QED) is 0.908. The van der Waals surface area contributed by atoms with E-state index < -0.39 is 11.9 Å². The summed E-state index contributed by atoms with van der Waals surface area (Å²) in [5.41, 5.74) is 1.89. The van der Waals surface area contributed by atoms with E-state index in [1.54, 1.807) is 12.1 Å². The molecule has 1 N–H and O–H groups in total. The highest BCUT2D eigenvalue weighted by Crippen LogP contribution is 2.43. The van der Waals surface area contributed by atoms with E-state index in [0.717, 1.165) is 31.7 Å². The molecule has 0 radical (unpaired) electrons. The molecule has 1 saturated heterocycles. The average molecular weight is 338 g/mol. The Morgan fingerprint density at radius 1 is 1.12 bits per heavy atom. The summed E-state index contributed by atoms with van der Waals surface area (Å²) < 4.78 is 26.3. The molecule has 0 spiro atoms. The number of nitriles is 1. The molecule has 0 aliphatic carbocycles. The van der Waals surface area contributed by atoms with Gasteiger partial charge >= 0.3 is 0 Å². The van der Waals surface area contributed by atoms with Crippen LogP contribution in [0.3, 0.4) is 0 Å². The van der Waals surface area contributed by atoms with E-state index in [4.69, 9.17) is 14.7 Å². The van der Waals surface area contributed by atoms with Gasteiger partial charge in [-0.2, -0.15) is 5.26 Å². The third-order valence-electron chi connectivity index (χ3n) is 4.91. The van der Waals surface area contributed by atoms with E-state index in [2.05, 4.69) is 11.4 Å². The third kappa shape index (κ3) is 3.06. The Bertz CT molecular complexity index is 825. The minimum atomic E-state index is -0.511. The van der Waals surface area contributed by atoms with E-state index in [-0.39, 0.29) is 6.61 Å². The van der Waals surface area contributed by atoms with Gasteiger partial charge in [-0.05, 0) is 50.0 Å². The van der Waals surface area contributed by atoms with Crippen LogP contribution in [0.5, 0.6) is 11.5 Å². The number of hydrogen-bond acceptors (Lipinski definition) is 4. The number of para-hydroxylation sites is 1. The number of benzene rings is 2. The van der Waals surface area contributed by atoms with Gasteiger partial charge in [0.2, 0.25) is 0 Å². The number of nitrogens with one attached hydrogen (secondary N) is 1. The minimum absolute atomic E-state index is 0.262. The fourth-order valence-electron chi connectivity index (χ4n) is 3.59. The minimum Gasteiger partial charge on any atom is -0.485 e. The standard InChI is InChI=1S/C20H19FN2O2/c21-17-10-13(11-22)4-5-16(17)19-12-24-20-15(2-1-3-18(20)25-19)14-6-8-23-9-7-14/h1-5,10,14,19,23H,6-9,12H2/t19-/m0/s1. The van der Waals surface area contributed by atoms with Crippen molar-refractivity contribution in [1.29, 1.82) is 5.26 Å². The molecule has 2 aromatic rings. The van der Waals surface area contributed by atoms with Crippen LogP contribution in [0.1, 0.15) is 41.6 Å². The number of halogens is 1. The van der Waals surface area contributed by atoms with Gasteiger partial charge in [0.05, 0.1) is 11.6 Å². The lowest BCUT2D eigenvalue weighted by Crippen LogP contribution is -2.28. The number of nitrogens with zero attached hydrogens (tertiary/aromatic N) is 1. The zero-order chi connectivity index (χ0) is 17.2. The van der Waals surface area contributed by atoms with Gasteiger partial charge in [0.15, 0.2) is 17.6 Å². The number of rotatable bonds is 2. The van der Waals surface area contributed by atoms with Gasteiger partial charge in [-0.25, -0.2) is 4.39 Å². The predicted molar refractivity (Wildman–Crippen MR) is 91.3 cm³/mol. The first-order valence-electron chi connectivity index (χ1n) is 8.59. The Labute approximate surface area is 146 Å². The predicted octanol–water partition coefficient (Wildman–Crippen LogP) is 3.68. The first kappa shape index (κ1) is 15.9. The molecule has 2 aromatic carbocycles. The topological polar surface area (TPSA) is 54.3 Å². The highest BCUT2D eigenvalue weighted by molar-refractivity contribution is 5.50. The van der Waals surface area contributed by atoms with Crippen molar-refractivity contribution in [2.45, 2.75) is 24.9 Å². The van der Waals surface area contributed by atoms with Crippen molar-refractivity contribution >= 4 is 0 Å². The van der Waals surface area contributed by atoms with Crippen LogP contribution in [-0.2, 0) is 0 Å². The molecule has 1 fully saturated rings. The zero-order valence-electron chi connectivity index (χ0n) is 13.8. The van der Waals surface area contributed by atoms with Gasteiger partial charge in [-0.15, -0.1) is 0 Å². The van der Waals surface area contributed by atoms with Crippen LogP contribution in [0.25, 0.3) is 0 Å².